The fraction of sp³-hybridized carbons (Fsp3) is 0.538. The van der Waals surface area contributed by atoms with Gasteiger partial charge < -0.3 is 25.4 Å². The molecule has 0 spiro atoms. The number of carbonyl (C=O) groups excluding carboxylic acids is 1. The zero-order valence-corrected chi connectivity index (χ0v) is 21.3. The molecule has 1 atom stereocenters. The van der Waals surface area contributed by atoms with Crippen molar-refractivity contribution in [2.45, 2.75) is 45.4 Å². The minimum Gasteiger partial charge on any atom is -0.354 e. The van der Waals surface area contributed by atoms with Crippen molar-refractivity contribution >= 4 is 28.7 Å². The molecule has 0 bridgehead atoms. The number of anilines is 2. The van der Waals surface area contributed by atoms with Crippen LogP contribution in [0.25, 0.3) is 11.2 Å². The van der Waals surface area contributed by atoms with Crippen LogP contribution in [0.4, 0.5) is 16.3 Å². The summed E-state index contributed by atoms with van der Waals surface area (Å²) in [6.45, 7) is 11.1. The SMILES string of the molecule is CN(CCCNC(=O)Nc1ccc(C(C)(C)C)cc1)CC1CCCN(c2ncnc3nc[nH]c23)C1. The average molecular weight is 479 g/mol. The van der Waals surface area contributed by atoms with Crippen molar-refractivity contribution in [2.24, 2.45) is 5.92 Å². The summed E-state index contributed by atoms with van der Waals surface area (Å²) < 4.78 is 0. The van der Waals surface area contributed by atoms with Crippen LogP contribution in [0.1, 0.15) is 45.6 Å². The van der Waals surface area contributed by atoms with Gasteiger partial charge in [0, 0.05) is 31.9 Å². The Morgan fingerprint density at radius 3 is 2.77 bits per heavy atom. The molecule has 2 aromatic heterocycles. The van der Waals surface area contributed by atoms with Gasteiger partial charge in [-0.05, 0) is 61.9 Å². The van der Waals surface area contributed by atoms with Crippen LogP contribution < -0.4 is 15.5 Å². The van der Waals surface area contributed by atoms with E-state index in [1.165, 1.54) is 12.0 Å². The van der Waals surface area contributed by atoms with Crippen molar-refractivity contribution in [3.63, 3.8) is 0 Å². The van der Waals surface area contributed by atoms with Crippen LogP contribution in [0.5, 0.6) is 0 Å². The van der Waals surface area contributed by atoms with Crippen LogP contribution in [-0.2, 0) is 5.41 Å². The molecule has 1 aromatic carbocycles. The zero-order chi connectivity index (χ0) is 24.8. The summed E-state index contributed by atoms with van der Waals surface area (Å²) in [5.74, 6) is 1.53. The van der Waals surface area contributed by atoms with Crippen LogP contribution in [0.15, 0.2) is 36.9 Å². The Bertz CT molecular complexity index is 1100. The van der Waals surface area contributed by atoms with Gasteiger partial charge in [0.05, 0.1) is 6.33 Å². The fourth-order valence-corrected chi connectivity index (χ4v) is 4.71. The molecule has 35 heavy (non-hydrogen) atoms. The highest BCUT2D eigenvalue weighted by molar-refractivity contribution is 5.89. The van der Waals surface area contributed by atoms with E-state index in [1.54, 1.807) is 12.7 Å². The zero-order valence-electron chi connectivity index (χ0n) is 21.3. The highest BCUT2D eigenvalue weighted by Crippen LogP contribution is 2.26. The maximum Gasteiger partial charge on any atom is 0.319 e. The van der Waals surface area contributed by atoms with Crippen LogP contribution in [0, 0.1) is 5.92 Å². The number of aromatic amines is 1. The Kier molecular flexibility index (Phi) is 7.85. The minimum absolute atomic E-state index is 0.102. The highest BCUT2D eigenvalue weighted by atomic mass is 16.2. The summed E-state index contributed by atoms with van der Waals surface area (Å²) in [5.41, 5.74) is 3.79. The molecule has 3 aromatic rings. The van der Waals surface area contributed by atoms with Crippen molar-refractivity contribution in [1.29, 1.82) is 0 Å². The monoisotopic (exact) mass is 478 g/mol. The number of fused-ring (bicyclic) bond motifs is 1. The first-order valence-electron chi connectivity index (χ1n) is 12.5. The molecule has 2 amide bonds. The Morgan fingerprint density at radius 1 is 1.20 bits per heavy atom. The number of nitrogens with zero attached hydrogens (tertiary/aromatic N) is 5. The van der Waals surface area contributed by atoms with Crippen LogP contribution in [0.2, 0.25) is 0 Å². The van der Waals surface area contributed by atoms with Crippen molar-refractivity contribution in [1.82, 2.24) is 30.2 Å². The molecule has 1 unspecified atom stereocenters. The maximum atomic E-state index is 12.2. The van der Waals surface area contributed by atoms with Gasteiger partial charge in [0.15, 0.2) is 11.5 Å². The molecule has 1 saturated heterocycles. The van der Waals surface area contributed by atoms with E-state index in [0.29, 0.717) is 18.1 Å². The van der Waals surface area contributed by atoms with Gasteiger partial charge in [-0.25, -0.2) is 19.7 Å². The predicted molar refractivity (Wildman–Crippen MR) is 141 cm³/mol. The molecular weight excluding hydrogens is 440 g/mol. The number of H-pyrrole nitrogens is 1. The second-order valence-electron chi connectivity index (χ2n) is 10.6. The third-order valence-electron chi connectivity index (χ3n) is 6.60. The lowest BCUT2D eigenvalue weighted by Gasteiger charge is -2.35. The molecular formula is C26H38N8O. The number of piperidine rings is 1. The first-order valence-corrected chi connectivity index (χ1v) is 12.5. The van der Waals surface area contributed by atoms with Gasteiger partial charge >= 0.3 is 6.03 Å². The number of rotatable bonds is 8. The third kappa shape index (κ3) is 6.69. The maximum absolute atomic E-state index is 12.2. The third-order valence-corrected chi connectivity index (χ3v) is 6.60. The van der Waals surface area contributed by atoms with Crippen molar-refractivity contribution in [2.75, 3.05) is 50.0 Å². The quantitative estimate of drug-likeness (QED) is 0.423. The standard InChI is InChI=1S/C26H38N8O/c1-26(2,3)20-8-10-21(11-9-20)32-25(35)27-12-6-13-33(4)15-19-7-5-14-34(16-19)24-22-23(29-17-28-22)30-18-31-24/h8-11,17-19H,5-7,12-16H2,1-4H3,(H2,27,32,35)(H,28,29,30,31). The Balaban J connectivity index is 1.16. The van der Waals surface area contributed by atoms with Crippen LogP contribution in [-0.4, -0.2) is 70.6 Å². The smallest absolute Gasteiger partial charge is 0.319 e. The van der Waals surface area contributed by atoms with Crippen molar-refractivity contribution in [3.8, 4) is 0 Å². The van der Waals surface area contributed by atoms with Gasteiger partial charge in [0.25, 0.3) is 0 Å². The summed E-state index contributed by atoms with van der Waals surface area (Å²) in [4.78, 5) is 33.1. The van der Waals surface area contributed by atoms with Crippen molar-refractivity contribution < 1.29 is 4.79 Å². The Labute approximate surface area is 207 Å². The predicted octanol–water partition coefficient (Wildman–Crippen LogP) is 4.01. The Hall–Kier alpha value is -3.20. The summed E-state index contributed by atoms with van der Waals surface area (Å²) >= 11 is 0. The van der Waals surface area contributed by atoms with E-state index >= 15 is 0 Å². The first kappa shape index (κ1) is 24.9. The van der Waals surface area contributed by atoms with Gasteiger partial charge in [-0.2, -0.15) is 0 Å². The topological polar surface area (TPSA) is 102 Å². The number of aromatic nitrogens is 4. The van der Waals surface area contributed by atoms with E-state index in [2.05, 4.69) is 80.3 Å². The minimum atomic E-state index is -0.158. The number of amides is 2. The molecule has 9 nitrogen and oxygen atoms in total. The lowest BCUT2D eigenvalue weighted by Crippen LogP contribution is -2.41. The number of nitrogens with one attached hydrogen (secondary N) is 3. The Morgan fingerprint density at radius 2 is 2.00 bits per heavy atom. The summed E-state index contributed by atoms with van der Waals surface area (Å²) in [6.07, 6.45) is 6.54. The van der Waals surface area contributed by atoms with E-state index in [4.69, 9.17) is 0 Å². The lowest BCUT2D eigenvalue weighted by molar-refractivity contribution is 0.244. The van der Waals surface area contributed by atoms with E-state index in [-0.39, 0.29) is 11.4 Å². The van der Waals surface area contributed by atoms with Gasteiger partial charge in [-0.15, -0.1) is 0 Å². The molecule has 0 aliphatic carbocycles. The van der Waals surface area contributed by atoms with E-state index in [9.17, 15) is 4.79 Å². The molecule has 9 heteroatoms. The van der Waals surface area contributed by atoms with E-state index in [0.717, 1.165) is 56.0 Å². The first-order chi connectivity index (χ1) is 16.8. The molecule has 1 aliphatic heterocycles. The van der Waals surface area contributed by atoms with Crippen LogP contribution >= 0.6 is 0 Å². The molecule has 0 saturated carbocycles. The van der Waals surface area contributed by atoms with E-state index in [1.807, 2.05) is 12.1 Å². The fourth-order valence-electron chi connectivity index (χ4n) is 4.71. The van der Waals surface area contributed by atoms with Gasteiger partial charge in [0.1, 0.15) is 11.8 Å². The lowest BCUT2D eigenvalue weighted by atomic mass is 9.87. The van der Waals surface area contributed by atoms with Crippen LogP contribution in [0.3, 0.4) is 0 Å². The molecule has 188 valence electrons. The van der Waals surface area contributed by atoms with Gasteiger partial charge in [-0.1, -0.05) is 32.9 Å². The molecule has 1 aliphatic rings. The number of hydrogen-bond donors (Lipinski definition) is 3. The molecule has 0 radical (unpaired) electrons. The molecule has 3 N–H and O–H groups in total. The highest BCUT2D eigenvalue weighted by Gasteiger charge is 2.24. The summed E-state index contributed by atoms with van der Waals surface area (Å²) in [6, 6.07) is 7.90. The molecule has 4 rings (SSSR count). The molecule has 1 fully saturated rings. The number of hydrogen-bond acceptors (Lipinski definition) is 6. The van der Waals surface area contributed by atoms with Gasteiger partial charge in [-0.3, -0.25) is 0 Å². The largest absolute Gasteiger partial charge is 0.354 e. The average Bonchev–Trinajstić information content (AvgIpc) is 3.31. The molecule has 3 heterocycles. The number of imidazole rings is 1. The summed E-state index contributed by atoms with van der Waals surface area (Å²) in [7, 11) is 2.16. The second kappa shape index (κ2) is 11.0. The van der Waals surface area contributed by atoms with E-state index < -0.39 is 0 Å². The summed E-state index contributed by atoms with van der Waals surface area (Å²) in [5, 5.41) is 5.89. The number of benzene rings is 1. The number of urea groups is 1. The van der Waals surface area contributed by atoms with Crippen molar-refractivity contribution in [3.05, 3.63) is 42.5 Å². The normalized spacial score (nSPS) is 16.6. The number of carbonyl (C=O) groups is 1. The van der Waals surface area contributed by atoms with Gasteiger partial charge in [0.2, 0.25) is 0 Å². The second-order valence-corrected chi connectivity index (χ2v) is 10.6.